The van der Waals surface area contributed by atoms with Crippen molar-refractivity contribution in [1.29, 1.82) is 0 Å². The van der Waals surface area contributed by atoms with Crippen molar-refractivity contribution in [2.45, 2.75) is 37.8 Å². The maximum Gasteiger partial charge on any atom is 0.129 e. The van der Waals surface area contributed by atoms with Crippen LogP contribution in [-0.4, -0.2) is 16.9 Å². The maximum atomic E-state index is 5.69. The predicted molar refractivity (Wildman–Crippen MR) is 37.8 cm³/mol. The first-order valence-corrected chi connectivity index (χ1v) is 3.54. The fraction of sp³-hybridized carbons (Fsp3) is 0.857. The van der Waals surface area contributed by atoms with E-state index in [9.17, 15) is 0 Å². The SMILES string of the molecule is [CH2-][OH+][C@H]1CC[C@H](N)CC1. The molecule has 2 nitrogen and oxygen atoms in total. The van der Waals surface area contributed by atoms with Crippen molar-refractivity contribution in [3.63, 3.8) is 0 Å². The number of rotatable bonds is 1. The first-order valence-electron chi connectivity index (χ1n) is 3.54. The normalized spacial score (nSPS) is 36.7. The first-order chi connectivity index (χ1) is 4.33. The van der Waals surface area contributed by atoms with Crippen LogP contribution in [0.4, 0.5) is 0 Å². The Hall–Kier alpha value is -0.0800. The van der Waals surface area contributed by atoms with Gasteiger partial charge in [-0.2, -0.15) is 0 Å². The van der Waals surface area contributed by atoms with Crippen molar-refractivity contribution in [2.75, 3.05) is 0 Å². The lowest BCUT2D eigenvalue weighted by Gasteiger charge is -2.24. The van der Waals surface area contributed by atoms with Gasteiger partial charge in [0.2, 0.25) is 0 Å². The molecule has 0 unspecified atom stereocenters. The van der Waals surface area contributed by atoms with Gasteiger partial charge in [0, 0.05) is 18.9 Å². The highest BCUT2D eigenvalue weighted by Gasteiger charge is 2.18. The third-order valence-corrected chi connectivity index (χ3v) is 2.00. The van der Waals surface area contributed by atoms with E-state index in [-0.39, 0.29) is 0 Å². The van der Waals surface area contributed by atoms with Gasteiger partial charge >= 0.3 is 0 Å². The molecule has 0 aromatic carbocycles. The zero-order valence-electron chi connectivity index (χ0n) is 5.71. The van der Waals surface area contributed by atoms with E-state index in [2.05, 4.69) is 11.8 Å². The van der Waals surface area contributed by atoms with Gasteiger partial charge in [0.25, 0.3) is 0 Å². The highest BCUT2D eigenvalue weighted by Crippen LogP contribution is 2.17. The fourth-order valence-corrected chi connectivity index (χ4v) is 1.28. The number of nitrogens with two attached hydrogens (primary N) is 1. The lowest BCUT2D eigenvalue weighted by atomic mass is 9.94. The molecule has 1 aliphatic rings. The van der Waals surface area contributed by atoms with Crippen LogP contribution in [0.3, 0.4) is 0 Å². The van der Waals surface area contributed by atoms with E-state index in [1.165, 1.54) is 0 Å². The van der Waals surface area contributed by atoms with Crippen LogP contribution >= 0.6 is 0 Å². The van der Waals surface area contributed by atoms with E-state index in [4.69, 9.17) is 5.73 Å². The largest absolute Gasteiger partial charge is 0.579 e. The van der Waals surface area contributed by atoms with Crippen molar-refractivity contribution in [1.82, 2.24) is 0 Å². The summed E-state index contributed by atoms with van der Waals surface area (Å²) in [6.45, 7) is 0. The molecule has 1 aliphatic carbocycles. The van der Waals surface area contributed by atoms with E-state index in [1.54, 1.807) is 0 Å². The molecule has 0 aromatic rings. The van der Waals surface area contributed by atoms with Gasteiger partial charge in [-0.15, -0.1) is 0 Å². The van der Waals surface area contributed by atoms with Crippen LogP contribution in [0.5, 0.6) is 0 Å². The van der Waals surface area contributed by atoms with Crippen LogP contribution < -0.4 is 5.73 Å². The van der Waals surface area contributed by atoms with Crippen molar-refractivity contribution in [3.8, 4) is 0 Å². The molecular weight excluding hydrogens is 114 g/mol. The Morgan fingerprint density at radius 2 is 1.78 bits per heavy atom. The van der Waals surface area contributed by atoms with Gasteiger partial charge in [-0.05, 0) is 12.8 Å². The Morgan fingerprint density at radius 1 is 1.22 bits per heavy atom. The quantitative estimate of drug-likeness (QED) is 0.408. The minimum Gasteiger partial charge on any atom is -0.579 e. The van der Waals surface area contributed by atoms with Gasteiger partial charge < -0.3 is 10.5 Å². The molecule has 0 aliphatic heterocycles. The van der Waals surface area contributed by atoms with Crippen LogP contribution in [-0.2, 0) is 0 Å². The standard InChI is InChI=1S/C7H15NO/c1-9-7-4-2-6(8)3-5-7/h6-7,9H,1-5,8H2/t6-,7-. The Bertz CT molecular complexity index is 77.0. The van der Waals surface area contributed by atoms with E-state index in [0.29, 0.717) is 12.1 Å². The average molecular weight is 129 g/mol. The molecule has 3 N–H and O–H groups in total. The zero-order chi connectivity index (χ0) is 6.69. The monoisotopic (exact) mass is 129 g/mol. The van der Waals surface area contributed by atoms with Gasteiger partial charge in [-0.3, -0.25) is 0 Å². The fourth-order valence-electron chi connectivity index (χ4n) is 1.28. The summed E-state index contributed by atoms with van der Waals surface area (Å²) in [6.07, 6.45) is 5.05. The van der Waals surface area contributed by atoms with Crippen molar-refractivity contribution < 1.29 is 4.74 Å². The van der Waals surface area contributed by atoms with Crippen LogP contribution in [0.25, 0.3) is 0 Å². The van der Waals surface area contributed by atoms with Crippen LogP contribution in [0.2, 0.25) is 0 Å². The highest BCUT2D eigenvalue weighted by atomic mass is 16.5. The molecule has 1 fully saturated rings. The van der Waals surface area contributed by atoms with E-state index in [0.717, 1.165) is 25.7 Å². The summed E-state index contributed by atoms with van der Waals surface area (Å²) < 4.78 is 3.98. The smallest absolute Gasteiger partial charge is 0.129 e. The van der Waals surface area contributed by atoms with Gasteiger partial charge in [-0.25, -0.2) is 0 Å². The predicted octanol–water partition coefficient (Wildman–Crippen LogP) is 0.576. The summed E-state index contributed by atoms with van der Waals surface area (Å²) in [5, 5.41) is 0. The van der Waals surface area contributed by atoms with E-state index in [1.807, 2.05) is 0 Å². The number of ether oxygens (including phenoxy) is 1. The van der Waals surface area contributed by atoms with Gasteiger partial charge in [0.1, 0.15) is 6.10 Å². The summed E-state index contributed by atoms with van der Waals surface area (Å²) in [6, 6.07) is 0.433. The highest BCUT2D eigenvalue weighted by molar-refractivity contribution is 4.73. The van der Waals surface area contributed by atoms with Crippen molar-refractivity contribution in [3.05, 3.63) is 7.11 Å². The van der Waals surface area contributed by atoms with E-state index >= 15 is 0 Å². The lowest BCUT2D eigenvalue weighted by molar-refractivity contribution is -0.0474. The number of aliphatic hydroxyl groups is 2. The third-order valence-electron chi connectivity index (χ3n) is 2.00. The molecule has 0 heterocycles. The molecule has 0 aromatic heterocycles. The van der Waals surface area contributed by atoms with Crippen molar-refractivity contribution in [2.24, 2.45) is 5.73 Å². The lowest BCUT2D eigenvalue weighted by Crippen LogP contribution is -2.30. The summed E-state index contributed by atoms with van der Waals surface area (Å²) in [5.41, 5.74) is 5.69. The molecule has 0 saturated heterocycles. The van der Waals surface area contributed by atoms with Gasteiger partial charge in [0.05, 0.1) is 0 Å². The number of hydrogen-bond donors (Lipinski definition) is 1. The molecule has 1 saturated carbocycles. The summed E-state index contributed by atoms with van der Waals surface area (Å²) >= 11 is 0. The van der Waals surface area contributed by atoms with E-state index < -0.39 is 0 Å². The summed E-state index contributed by atoms with van der Waals surface area (Å²) in [7, 11) is 3.52. The first kappa shape index (κ1) is 7.03. The summed E-state index contributed by atoms with van der Waals surface area (Å²) in [4.78, 5) is 0. The number of hydrogen-bond acceptors (Lipinski definition) is 1. The molecule has 0 radical (unpaired) electrons. The topological polar surface area (TPSA) is 38.8 Å². The second kappa shape index (κ2) is 3.18. The van der Waals surface area contributed by atoms with Gasteiger partial charge in [0.15, 0.2) is 0 Å². The average Bonchev–Trinajstić information content (AvgIpc) is 1.90. The van der Waals surface area contributed by atoms with Gasteiger partial charge in [-0.1, -0.05) is 7.11 Å². The molecule has 0 atom stereocenters. The van der Waals surface area contributed by atoms with Crippen molar-refractivity contribution >= 4 is 0 Å². The minimum absolute atomic E-state index is 0.433. The molecule has 0 amide bonds. The third kappa shape index (κ3) is 1.95. The van der Waals surface area contributed by atoms with Crippen LogP contribution in [0.15, 0.2) is 0 Å². The maximum absolute atomic E-state index is 5.69. The second-order valence-electron chi connectivity index (χ2n) is 2.75. The Morgan fingerprint density at radius 3 is 2.22 bits per heavy atom. The molecule has 54 valence electrons. The Labute approximate surface area is 56.4 Å². The Kier molecular flexibility index (Phi) is 2.49. The second-order valence-corrected chi connectivity index (χ2v) is 2.75. The summed E-state index contributed by atoms with van der Waals surface area (Å²) in [5.74, 6) is 0. The molecule has 0 spiro atoms. The molecule has 1 rings (SSSR count). The minimum atomic E-state index is 0.433. The molecule has 2 heteroatoms. The van der Waals surface area contributed by atoms with Crippen LogP contribution in [0.1, 0.15) is 25.7 Å². The zero-order valence-corrected chi connectivity index (χ0v) is 5.71. The Balaban J connectivity index is 2.18. The van der Waals surface area contributed by atoms with Crippen LogP contribution in [0, 0.1) is 7.11 Å². The molecule has 0 bridgehead atoms. The molecule has 9 heavy (non-hydrogen) atoms. The molecular formula is C7H15NO.